The van der Waals surface area contributed by atoms with Crippen molar-refractivity contribution in [1.29, 1.82) is 0 Å². The molecule has 1 saturated heterocycles. The van der Waals surface area contributed by atoms with Crippen molar-refractivity contribution < 1.29 is 4.74 Å². The van der Waals surface area contributed by atoms with E-state index in [1.165, 1.54) is 0 Å². The van der Waals surface area contributed by atoms with Crippen LogP contribution in [0.2, 0.25) is 5.02 Å². The van der Waals surface area contributed by atoms with Crippen LogP contribution in [0.15, 0.2) is 12.3 Å². The molecule has 4 heteroatoms. The van der Waals surface area contributed by atoms with Crippen LogP contribution < -0.4 is 5.32 Å². The van der Waals surface area contributed by atoms with Crippen molar-refractivity contribution in [2.24, 2.45) is 0 Å². The molecule has 16 heavy (non-hydrogen) atoms. The summed E-state index contributed by atoms with van der Waals surface area (Å²) in [6, 6.07) is 1.94. The van der Waals surface area contributed by atoms with E-state index in [1.807, 2.05) is 13.0 Å². The van der Waals surface area contributed by atoms with Crippen LogP contribution >= 0.6 is 11.6 Å². The summed E-state index contributed by atoms with van der Waals surface area (Å²) >= 11 is 5.93. The number of hydrogen-bond acceptors (Lipinski definition) is 3. The third-order valence-corrected chi connectivity index (χ3v) is 3.42. The molecular weight excluding hydrogens is 224 g/mol. The Bertz CT molecular complexity index is 375. The summed E-state index contributed by atoms with van der Waals surface area (Å²) in [7, 11) is 1.75. The van der Waals surface area contributed by atoms with Crippen molar-refractivity contribution in [2.75, 3.05) is 20.2 Å². The van der Waals surface area contributed by atoms with Crippen molar-refractivity contribution in [3.05, 3.63) is 28.5 Å². The average molecular weight is 241 g/mol. The Morgan fingerprint density at radius 3 is 2.94 bits per heavy atom. The van der Waals surface area contributed by atoms with Crippen LogP contribution in [-0.2, 0) is 10.3 Å². The van der Waals surface area contributed by atoms with Gasteiger partial charge in [-0.2, -0.15) is 0 Å². The van der Waals surface area contributed by atoms with Crippen LogP contribution in [0, 0.1) is 6.92 Å². The summed E-state index contributed by atoms with van der Waals surface area (Å²) in [6.45, 7) is 3.90. The van der Waals surface area contributed by atoms with Crippen LogP contribution in [0.25, 0.3) is 0 Å². The zero-order valence-corrected chi connectivity index (χ0v) is 10.5. The van der Waals surface area contributed by atoms with Gasteiger partial charge >= 0.3 is 0 Å². The molecule has 0 radical (unpaired) electrons. The molecule has 3 nitrogen and oxygen atoms in total. The number of aryl methyl sites for hydroxylation is 1. The van der Waals surface area contributed by atoms with Crippen molar-refractivity contribution in [3.63, 3.8) is 0 Å². The quantitative estimate of drug-likeness (QED) is 0.861. The van der Waals surface area contributed by atoms with E-state index in [4.69, 9.17) is 16.3 Å². The first-order valence-corrected chi connectivity index (χ1v) is 5.94. The maximum atomic E-state index is 5.93. The standard InChI is InChI=1S/C12H17ClN2O/c1-9-6-10(13)7-15-11(9)12(16-2)4-3-5-14-8-12/h6-7,14H,3-5,8H2,1-2H3. The van der Waals surface area contributed by atoms with Gasteiger partial charge < -0.3 is 10.1 Å². The number of aromatic nitrogens is 1. The fourth-order valence-electron chi connectivity index (χ4n) is 2.37. The molecule has 1 aromatic heterocycles. The highest BCUT2D eigenvalue weighted by molar-refractivity contribution is 6.30. The predicted octanol–water partition coefficient (Wildman–Crippen LogP) is 2.27. The van der Waals surface area contributed by atoms with Gasteiger partial charge in [0.15, 0.2) is 0 Å². The van der Waals surface area contributed by atoms with E-state index in [0.29, 0.717) is 5.02 Å². The summed E-state index contributed by atoms with van der Waals surface area (Å²) < 4.78 is 5.72. The minimum atomic E-state index is -0.285. The molecule has 1 atom stereocenters. The highest BCUT2D eigenvalue weighted by Crippen LogP contribution is 2.33. The Hall–Kier alpha value is -0.640. The molecule has 0 amide bonds. The fraction of sp³-hybridized carbons (Fsp3) is 0.583. The maximum absolute atomic E-state index is 5.93. The third kappa shape index (κ3) is 2.08. The van der Waals surface area contributed by atoms with Gasteiger partial charge in [0, 0.05) is 19.9 Å². The molecule has 0 spiro atoms. The molecule has 2 rings (SSSR count). The second-order valence-corrected chi connectivity index (χ2v) is 4.73. The zero-order valence-electron chi connectivity index (χ0n) is 9.72. The van der Waals surface area contributed by atoms with E-state index in [-0.39, 0.29) is 5.60 Å². The lowest BCUT2D eigenvalue weighted by Gasteiger charge is -2.36. The first-order valence-electron chi connectivity index (χ1n) is 5.56. The van der Waals surface area contributed by atoms with Crippen molar-refractivity contribution >= 4 is 11.6 Å². The van der Waals surface area contributed by atoms with Crippen molar-refractivity contribution in [1.82, 2.24) is 10.3 Å². The number of nitrogens with one attached hydrogen (secondary N) is 1. The smallest absolute Gasteiger partial charge is 0.122 e. The lowest BCUT2D eigenvalue weighted by Crippen LogP contribution is -2.45. The Morgan fingerprint density at radius 2 is 2.38 bits per heavy atom. The molecule has 1 aliphatic rings. The molecule has 0 aromatic carbocycles. The molecular formula is C12H17ClN2O. The topological polar surface area (TPSA) is 34.1 Å². The van der Waals surface area contributed by atoms with Crippen LogP contribution in [0.3, 0.4) is 0 Å². The van der Waals surface area contributed by atoms with Crippen LogP contribution in [0.4, 0.5) is 0 Å². The highest BCUT2D eigenvalue weighted by atomic mass is 35.5. The number of pyridine rings is 1. The SMILES string of the molecule is COC1(c2ncc(Cl)cc2C)CCCNC1. The second-order valence-electron chi connectivity index (χ2n) is 4.30. The molecule has 1 unspecified atom stereocenters. The Morgan fingerprint density at radius 1 is 1.56 bits per heavy atom. The average Bonchev–Trinajstić information content (AvgIpc) is 2.30. The van der Waals surface area contributed by atoms with E-state index >= 15 is 0 Å². The Labute approximate surface area is 101 Å². The van der Waals surface area contributed by atoms with Crippen molar-refractivity contribution in [2.45, 2.75) is 25.4 Å². The zero-order chi connectivity index (χ0) is 11.6. The number of piperidine rings is 1. The second kappa shape index (κ2) is 4.70. The Balaban J connectivity index is 2.39. The van der Waals surface area contributed by atoms with Gasteiger partial charge in [0.2, 0.25) is 0 Å². The van der Waals surface area contributed by atoms with Gasteiger partial charge in [0.1, 0.15) is 5.60 Å². The monoisotopic (exact) mass is 240 g/mol. The molecule has 0 bridgehead atoms. The number of methoxy groups -OCH3 is 1. The number of nitrogens with zero attached hydrogens (tertiary/aromatic N) is 1. The first kappa shape index (κ1) is 11.8. The minimum absolute atomic E-state index is 0.285. The first-order chi connectivity index (χ1) is 7.68. The van der Waals surface area contributed by atoms with Gasteiger partial charge in [-0.25, -0.2) is 0 Å². The van der Waals surface area contributed by atoms with E-state index in [2.05, 4.69) is 10.3 Å². The highest BCUT2D eigenvalue weighted by Gasteiger charge is 2.36. The van der Waals surface area contributed by atoms with Crippen LogP contribution in [-0.4, -0.2) is 25.2 Å². The largest absolute Gasteiger partial charge is 0.371 e. The number of halogens is 1. The number of hydrogen-bond donors (Lipinski definition) is 1. The third-order valence-electron chi connectivity index (χ3n) is 3.21. The van der Waals surface area contributed by atoms with E-state index in [9.17, 15) is 0 Å². The summed E-state index contributed by atoms with van der Waals surface area (Å²) in [4.78, 5) is 4.45. The van der Waals surface area contributed by atoms with Crippen LogP contribution in [0.1, 0.15) is 24.1 Å². The molecule has 88 valence electrons. The summed E-state index contributed by atoms with van der Waals surface area (Å²) in [5.41, 5.74) is 1.82. The molecule has 0 aliphatic carbocycles. The molecule has 1 N–H and O–H groups in total. The van der Waals surface area contributed by atoms with Gasteiger partial charge in [0.05, 0.1) is 10.7 Å². The lowest BCUT2D eigenvalue weighted by atomic mass is 9.88. The minimum Gasteiger partial charge on any atom is -0.371 e. The van der Waals surface area contributed by atoms with Crippen LogP contribution in [0.5, 0.6) is 0 Å². The predicted molar refractivity (Wildman–Crippen MR) is 64.8 cm³/mol. The van der Waals surface area contributed by atoms with Crippen molar-refractivity contribution in [3.8, 4) is 0 Å². The van der Waals surface area contributed by atoms with Gasteiger partial charge in [-0.3, -0.25) is 4.98 Å². The normalized spacial score (nSPS) is 25.7. The van der Waals surface area contributed by atoms with E-state index < -0.39 is 0 Å². The molecule has 1 aliphatic heterocycles. The number of rotatable bonds is 2. The van der Waals surface area contributed by atoms with E-state index in [0.717, 1.165) is 37.2 Å². The summed E-state index contributed by atoms with van der Waals surface area (Å²) in [6.07, 6.45) is 3.81. The Kier molecular flexibility index (Phi) is 3.47. The van der Waals surface area contributed by atoms with Gasteiger partial charge in [-0.1, -0.05) is 11.6 Å². The van der Waals surface area contributed by atoms with Gasteiger partial charge in [-0.15, -0.1) is 0 Å². The summed E-state index contributed by atoms with van der Waals surface area (Å²) in [5.74, 6) is 0. The molecule has 2 heterocycles. The van der Waals surface area contributed by atoms with Gasteiger partial charge in [-0.05, 0) is 37.9 Å². The van der Waals surface area contributed by atoms with Gasteiger partial charge in [0.25, 0.3) is 0 Å². The summed E-state index contributed by atoms with van der Waals surface area (Å²) in [5, 5.41) is 4.05. The molecule has 0 saturated carbocycles. The molecule has 1 aromatic rings. The maximum Gasteiger partial charge on any atom is 0.122 e. The van der Waals surface area contributed by atoms with E-state index in [1.54, 1.807) is 13.3 Å². The lowest BCUT2D eigenvalue weighted by molar-refractivity contribution is -0.0372. The fourth-order valence-corrected chi connectivity index (χ4v) is 2.58. The molecule has 1 fully saturated rings. The number of ether oxygens (including phenoxy) is 1.